The molecule has 236 valence electrons. The number of primary sulfonamides is 1. The molecule has 0 unspecified atom stereocenters. The molecule has 0 saturated carbocycles. The van der Waals surface area contributed by atoms with Crippen molar-refractivity contribution in [3.05, 3.63) is 59.9 Å². The van der Waals surface area contributed by atoms with Crippen LogP contribution >= 0.6 is 23.1 Å². The van der Waals surface area contributed by atoms with E-state index in [1.165, 1.54) is 22.6 Å². The van der Waals surface area contributed by atoms with Crippen molar-refractivity contribution in [3.8, 4) is 11.5 Å². The van der Waals surface area contributed by atoms with Crippen LogP contribution in [0.25, 0.3) is 10.2 Å². The van der Waals surface area contributed by atoms with Gasteiger partial charge in [0.25, 0.3) is 10.0 Å². The summed E-state index contributed by atoms with van der Waals surface area (Å²) in [5.41, 5.74) is 1.58. The number of nitrogens with two attached hydrogens (primary N) is 1. The van der Waals surface area contributed by atoms with Gasteiger partial charge in [0.05, 0.1) is 16.4 Å². The van der Waals surface area contributed by atoms with Crippen LogP contribution in [0.1, 0.15) is 23.7 Å². The number of nitrogens with one attached hydrogen (secondary N) is 1. The standard InChI is InChI=1S/C26H29FN6O8S3/c27-7-9-40-18-3-1-2-16(10-18)14-42-15-21(25(36)37)29-24(35)22(6-8-34)33-12-17(31-32-33)13-41-19-4-5-23-20(11-19)30-26(43-23)44(28,38)39/h1-5,10-12,21-22,34H,6-9,13-15H2,(H,29,35)(H,36,37)(H2,28,38,39)/t21-,22+/m1/s1. The molecular weight excluding hydrogens is 640 g/mol. The molecule has 0 aliphatic heterocycles. The number of fused-ring (bicyclic) bond motifs is 1. The molecular formula is C26H29FN6O8S3. The van der Waals surface area contributed by atoms with Crippen LogP contribution in [0.5, 0.6) is 11.5 Å². The van der Waals surface area contributed by atoms with Crippen LogP contribution in [0.3, 0.4) is 0 Å². The molecule has 0 spiro atoms. The largest absolute Gasteiger partial charge is 0.491 e. The van der Waals surface area contributed by atoms with Gasteiger partial charge in [-0.25, -0.2) is 32.4 Å². The highest BCUT2D eigenvalue weighted by Crippen LogP contribution is 2.28. The fraction of sp³-hybridized carbons (Fsp3) is 0.346. The van der Waals surface area contributed by atoms with E-state index in [1.54, 1.807) is 36.4 Å². The minimum Gasteiger partial charge on any atom is -0.491 e. The maximum absolute atomic E-state index is 13.1. The molecule has 5 N–H and O–H groups in total. The highest BCUT2D eigenvalue weighted by molar-refractivity contribution is 7.98. The fourth-order valence-corrected chi connectivity index (χ4v) is 6.54. The van der Waals surface area contributed by atoms with E-state index in [1.807, 2.05) is 6.07 Å². The lowest BCUT2D eigenvalue weighted by Crippen LogP contribution is -2.46. The van der Waals surface area contributed by atoms with Gasteiger partial charge in [-0.15, -0.1) is 16.4 Å². The molecule has 2 atom stereocenters. The molecule has 44 heavy (non-hydrogen) atoms. The number of hydrogen-bond donors (Lipinski definition) is 4. The summed E-state index contributed by atoms with van der Waals surface area (Å²) in [6, 6.07) is 9.58. The van der Waals surface area contributed by atoms with Crippen molar-refractivity contribution in [1.29, 1.82) is 0 Å². The predicted molar refractivity (Wildman–Crippen MR) is 160 cm³/mol. The van der Waals surface area contributed by atoms with Crippen molar-refractivity contribution in [3.63, 3.8) is 0 Å². The first-order chi connectivity index (χ1) is 21.1. The second-order valence-corrected chi connectivity index (χ2v) is 13.1. The average Bonchev–Trinajstić information content (AvgIpc) is 3.64. The number of halogens is 1. The Morgan fingerprint density at radius 2 is 1.98 bits per heavy atom. The van der Waals surface area contributed by atoms with E-state index >= 15 is 0 Å². The average molecular weight is 669 g/mol. The zero-order valence-electron chi connectivity index (χ0n) is 23.0. The van der Waals surface area contributed by atoms with E-state index < -0.39 is 40.7 Å². The number of carbonyl (C=O) groups excluding carboxylic acids is 1. The Hall–Kier alpha value is -3.84. The lowest BCUT2D eigenvalue weighted by Gasteiger charge is -2.20. The summed E-state index contributed by atoms with van der Waals surface area (Å²) in [4.78, 5) is 29.0. The number of carbonyl (C=O) groups is 2. The van der Waals surface area contributed by atoms with E-state index in [-0.39, 0.29) is 36.3 Å². The number of rotatable bonds is 17. The Bertz CT molecular complexity index is 1700. The monoisotopic (exact) mass is 668 g/mol. The predicted octanol–water partition coefficient (Wildman–Crippen LogP) is 1.89. The summed E-state index contributed by atoms with van der Waals surface area (Å²) in [6.07, 6.45) is 1.40. The molecule has 4 rings (SSSR count). The fourth-order valence-electron chi connectivity index (χ4n) is 3.91. The van der Waals surface area contributed by atoms with Gasteiger partial charge in [0.2, 0.25) is 10.2 Å². The maximum atomic E-state index is 13.1. The molecule has 0 saturated heterocycles. The van der Waals surface area contributed by atoms with Crippen molar-refractivity contribution in [1.82, 2.24) is 25.3 Å². The number of aliphatic hydroxyl groups excluding tert-OH is 1. The third-order valence-corrected chi connectivity index (χ3v) is 9.43. The molecule has 0 aliphatic carbocycles. The lowest BCUT2D eigenvalue weighted by molar-refractivity contribution is -0.141. The number of thiazole rings is 1. The number of nitrogens with zero attached hydrogens (tertiary/aromatic N) is 4. The van der Waals surface area contributed by atoms with E-state index in [9.17, 15) is 32.6 Å². The van der Waals surface area contributed by atoms with E-state index in [0.717, 1.165) is 16.9 Å². The van der Waals surface area contributed by atoms with Crippen molar-refractivity contribution >= 4 is 55.2 Å². The molecule has 2 heterocycles. The van der Waals surface area contributed by atoms with Gasteiger partial charge < -0.3 is 25.0 Å². The number of sulfonamides is 1. The van der Waals surface area contributed by atoms with Gasteiger partial charge >= 0.3 is 5.97 Å². The van der Waals surface area contributed by atoms with Crippen LogP contribution in [0.2, 0.25) is 0 Å². The van der Waals surface area contributed by atoms with Gasteiger partial charge in [-0.3, -0.25) is 4.79 Å². The quantitative estimate of drug-likeness (QED) is 0.127. The Kier molecular flexibility index (Phi) is 11.5. The molecule has 0 aliphatic rings. The number of aliphatic carboxylic acids is 1. The van der Waals surface area contributed by atoms with Gasteiger partial charge in [0.1, 0.15) is 49.2 Å². The number of amides is 1. The highest BCUT2D eigenvalue weighted by atomic mass is 32.2. The molecule has 2 aromatic heterocycles. The minimum absolute atomic E-state index is 0.0481. The van der Waals surface area contributed by atoms with Gasteiger partial charge in [-0.05, 0) is 29.8 Å². The Labute approximate surface area is 259 Å². The second-order valence-electron chi connectivity index (χ2n) is 9.26. The summed E-state index contributed by atoms with van der Waals surface area (Å²) < 4.78 is 48.1. The topological polar surface area (TPSA) is 209 Å². The summed E-state index contributed by atoms with van der Waals surface area (Å²) in [7, 11) is -3.94. The third kappa shape index (κ3) is 9.08. The van der Waals surface area contributed by atoms with E-state index in [4.69, 9.17) is 14.6 Å². The normalized spacial score (nSPS) is 13.0. The second kappa shape index (κ2) is 15.2. The highest BCUT2D eigenvalue weighted by Gasteiger charge is 2.27. The van der Waals surface area contributed by atoms with Crippen molar-refractivity contribution < 1.29 is 42.1 Å². The molecule has 18 heteroatoms. The number of thioether (sulfide) groups is 1. The first kappa shape index (κ1) is 33.1. The number of hydrogen-bond acceptors (Lipinski definition) is 12. The maximum Gasteiger partial charge on any atom is 0.327 e. The van der Waals surface area contributed by atoms with Crippen LogP contribution in [0.15, 0.2) is 53.0 Å². The van der Waals surface area contributed by atoms with Gasteiger partial charge in [0, 0.05) is 30.6 Å². The summed E-state index contributed by atoms with van der Waals surface area (Å²) in [5.74, 6) is -0.514. The molecule has 0 fully saturated rings. The third-order valence-electron chi connectivity index (χ3n) is 5.96. The Balaban J connectivity index is 1.34. The van der Waals surface area contributed by atoms with Crippen LogP contribution in [0.4, 0.5) is 4.39 Å². The minimum atomic E-state index is -3.94. The number of ether oxygens (including phenoxy) is 2. The van der Waals surface area contributed by atoms with E-state index in [0.29, 0.717) is 33.2 Å². The van der Waals surface area contributed by atoms with Crippen LogP contribution in [0, 0.1) is 0 Å². The number of benzene rings is 2. The van der Waals surface area contributed by atoms with Crippen molar-refractivity contribution in [2.24, 2.45) is 5.14 Å². The Morgan fingerprint density at radius 1 is 1.18 bits per heavy atom. The van der Waals surface area contributed by atoms with Gasteiger partial charge in [0.15, 0.2) is 0 Å². The number of carboxylic acids is 1. The smallest absolute Gasteiger partial charge is 0.327 e. The summed E-state index contributed by atoms with van der Waals surface area (Å²) in [5, 5.41) is 34.9. The number of aromatic nitrogens is 4. The Morgan fingerprint density at radius 3 is 2.70 bits per heavy atom. The molecule has 0 radical (unpaired) electrons. The van der Waals surface area contributed by atoms with Crippen LogP contribution in [-0.4, -0.2) is 82.2 Å². The van der Waals surface area contributed by atoms with E-state index in [2.05, 4.69) is 20.6 Å². The zero-order valence-corrected chi connectivity index (χ0v) is 25.5. The molecule has 0 bridgehead atoms. The number of aliphatic hydroxyl groups is 1. The number of alkyl halides is 1. The first-order valence-corrected chi connectivity index (χ1v) is 16.6. The summed E-state index contributed by atoms with van der Waals surface area (Å²) >= 11 is 2.22. The molecule has 2 aromatic carbocycles. The first-order valence-electron chi connectivity index (χ1n) is 13.0. The molecule has 14 nitrogen and oxygen atoms in total. The number of carboxylic acid groups (broad SMARTS) is 1. The van der Waals surface area contributed by atoms with Gasteiger partial charge in [-0.1, -0.05) is 17.3 Å². The van der Waals surface area contributed by atoms with Crippen LogP contribution in [-0.2, 0) is 32.0 Å². The molecule has 4 aromatic rings. The zero-order chi connectivity index (χ0) is 31.7. The SMILES string of the molecule is NS(=O)(=O)c1nc2cc(OCc3cn([C@@H](CCO)C(=O)N[C@H](CSCc4cccc(OCCF)c4)C(=O)O)nn3)ccc2s1. The van der Waals surface area contributed by atoms with Crippen molar-refractivity contribution in [2.75, 3.05) is 25.6 Å². The summed E-state index contributed by atoms with van der Waals surface area (Å²) in [6.45, 7) is -1.10. The lowest BCUT2D eigenvalue weighted by atomic mass is 10.2. The van der Waals surface area contributed by atoms with Crippen LogP contribution < -0.4 is 19.9 Å². The van der Waals surface area contributed by atoms with Crippen molar-refractivity contribution in [2.45, 2.75) is 35.2 Å². The molecule has 1 amide bonds. The van der Waals surface area contributed by atoms with Gasteiger partial charge in [-0.2, -0.15) is 11.8 Å².